The Kier molecular flexibility index (Phi) is 3.37. The van der Waals surface area contributed by atoms with Crippen LogP contribution in [0.1, 0.15) is 5.56 Å². The summed E-state index contributed by atoms with van der Waals surface area (Å²) in [6.45, 7) is 2.00. The summed E-state index contributed by atoms with van der Waals surface area (Å²) in [7, 11) is -3.18. The van der Waals surface area contributed by atoms with Crippen LogP contribution in [0.5, 0.6) is 0 Å². The van der Waals surface area contributed by atoms with Gasteiger partial charge in [-0.25, -0.2) is 13.4 Å². The number of sulfone groups is 1. The van der Waals surface area contributed by atoms with Gasteiger partial charge in [-0.3, -0.25) is 0 Å². The molecule has 4 nitrogen and oxygen atoms in total. The van der Waals surface area contributed by atoms with Crippen LogP contribution < -0.4 is 0 Å². The van der Waals surface area contributed by atoms with Gasteiger partial charge in [-0.05, 0) is 48.9 Å². The van der Waals surface area contributed by atoms with E-state index in [9.17, 15) is 8.42 Å². The predicted molar refractivity (Wildman–Crippen MR) is 87.1 cm³/mol. The monoisotopic (exact) mass is 364 g/mol. The standard InChI is InChI=1S/C15H13BrN2O2S/c1-9-7-11(16)8-13-14(9)18-15(17-13)10-3-5-12(6-4-10)21(2,19)20/h3-8H,1-2H3,(H,17,18). The number of aromatic nitrogens is 2. The molecule has 0 unspecified atom stereocenters. The molecule has 3 rings (SSSR count). The van der Waals surface area contributed by atoms with Crippen molar-refractivity contribution in [1.82, 2.24) is 9.97 Å². The Morgan fingerprint density at radius 3 is 2.43 bits per heavy atom. The fourth-order valence-electron chi connectivity index (χ4n) is 2.24. The van der Waals surface area contributed by atoms with Crippen LogP contribution in [0.3, 0.4) is 0 Å². The first-order valence-electron chi connectivity index (χ1n) is 6.31. The SMILES string of the molecule is Cc1cc(Br)cc2[nH]c(-c3ccc(S(C)(=O)=O)cc3)nc12. The van der Waals surface area contributed by atoms with Crippen LogP contribution >= 0.6 is 15.9 Å². The highest BCUT2D eigenvalue weighted by atomic mass is 79.9. The maximum Gasteiger partial charge on any atom is 0.175 e. The second-order valence-electron chi connectivity index (χ2n) is 5.00. The summed E-state index contributed by atoms with van der Waals surface area (Å²) in [5.41, 5.74) is 3.80. The Hall–Kier alpha value is -1.66. The van der Waals surface area contributed by atoms with Crippen LogP contribution in [-0.4, -0.2) is 24.6 Å². The van der Waals surface area contributed by atoms with E-state index < -0.39 is 9.84 Å². The minimum Gasteiger partial charge on any atom is -0.338 e. The number of hydrogen-bond acceptors (Lipinski definition) is 3. The first kappa shape index (κ1) is 14.3. The number of halogens is 1. The number of rotatable bonds is 2. The summed E-state index contributed by atoms with van der Waals surface area (Å²) >= 11 is 3.47. The highest BCUT2D eigenvalue weighted by molar-refractivity contribution is 9.10. The molecule has 1 heterocycles. The molecule has 0 aliphatic rings. The van der Waals surface area contributed by atoms with E-state index >= 15 is 0 Å². The van der Waals surface area contributed by atoms with Crippen molar-refractivity contribution in [2.45, 2.75) is 11.8 Å². The zero-order valence-electron chi connectivity index (χ0n) is 11.5. The lowest BCUT2D eigenvalue weighted by atomic mass is 10.2. The maximum absolute atomic E-state index is 11.5. The smallest absolute Gasteiger partial charge is 0.175 e. The van der Waals surface area contributed by atoms with E-state index in [4.69, 9.17) is 0 Å². The van der Waals surface area contributed by atoms with Crippen molar-refractivity contribution in [1.29, 1.82) is 0 Å². The van der Waals surface area contributed by atoms with Gasteiger partial charge in [0.25, 0.3) is 0 Å². The molecule has 0 aliphatic heterocycles. The fourth-order valence-corrected chi connectivity index (χ4v) is 3.45. The quantitative estimate of drug-likeness (QED) is 0.753. The number of aryl methyl sites for hydroxylation is 1. The van der Waals surface area contributed by atoms with Gasteiger partial charge >= 0.3 is 0 Å². The molecule has 6 heteroatoms. The molecule has 0 fully saturated rings. The average Bonchev–Trinajstić information content (AvgIpc) is 2.82. The topological polar surface area (TPSA) is 62.8 Å². The number of hydrogen-bond donors (Lipinski definition) is 1. The van der Waals surface area contributed by atoms with Gasteiger partial charge in [0, 0.05) is 16.3 Å². The van der Waals surface area contributed by atoms with Crippen LogP contribution in [0.15, 0.2) is 45.8 Å². The third kappa shape index (κ3) is 2.73. The molecule has 0 spiro atoms. The molecule has 0 saturated carbocycles. The number of nitrogens with one attached hydrogen (secondary N) is 1. The van der Waals surface area contributed by atoms with Crippen LogP contribution in [0.4, 0.5) is 0 Å². The lowest BCUT2D eigenvalue weighted by molar-refractivity contribution is 0.602. The van der Waals surface area contributed by atoms with E-state index in [0.717, 1.165) is 32.5 Å². The van der Waals surface area contributed by atoms with E-state index in [0.29, 0.717) is 4.90 Å². The molecule has 21 heavy (non-hydrogen) atoms. The molecule has 0 radical (unpaired) electrons. The Labute approximate surface area is 131 Å². The van der Waals surface area contributed by atoms with Crippen molar-refractivity contribution < 1.29 is 8.42 Å². The minimum absolute atomic E-state index is 0.307. The number of fused-ring (bicyclic) bond motifs is 1. The van der Waals surface area contributed by atoms with Crippen molar-refractivity contribution in [2.24, 2.45) is 0 Å². The first-order valence-corrected chi connectivity index (χ1v) is 8.99. The largest absolute Gasteiger partial charge is 0.338 e. The van der Waals surface area contributed by atoms with Gasteiger partial charge in [0.05, 0.1) is 15.9 Å². The van der Waals surface area contributed by atoms with Gasteiger partial charge in [0.2, 0.25) is 0 Å². The molecular formula is C15H13BrN2O2S. The zero-order chi connectivity index (χ0) is 15.2. The van der Waals surface area contributed by atoms with E-state index in [-0.39, 0.29) is 0 Å². The van der Waals surface area contributed by atoms with E-state index in [1.54, 1.807) is 24.3 Å². The molecule has 0 amide bonds. The number of benzene rings is 2. The summed E-state index contributed by atoms with van der Waals surface area (Å²) < 4.78 is 23.9. The first-order chi connectivity index (χ1) is 9.84. The number of aromatic amines is 1. The van der Waals surface area contributed by atoms with Gasteiger partial charge in [-0.2, -0.15) is 0 Å². The summed E-state index contributed by atoms with van der Waals surface area (Å²) in [6, 6.07) is 10.7. The molecule has 0 bridgehead atoms. The minimum atomic E-state index is -3.18. The molecule has 1 N–H and O–H groups in total. The summed E-state index contributed by atoms with van der Waals surface area (Å²) in [4.78, 5) is 8.16. The van der Waals surface area contributed by atoms with Crippen molar-refractivity contribution in [3.8, 4) is 11.4 Å². The fraction of sp³-hybridized carbons (Fsp3) is 0.133. The van der Waals surface area contributed by atoms with E-state index in [1.807, 2.05) is 19.1 Å². The molecule has 3 aromatic rings. The van der Waals surface area contributed by atoms with Crippen LogP contribution in [-0.2, 0) is 9.84 Å². The zero-order valence-corrected chi connectivity index (χ0v) is 13.9. The Bertz CT molecular complexity index is 928. The van der Waals surface area contributed by atoms with Gasteiger partial charge in [0.15, 0.2) is 9.84 Å². The maximum atomic E-state index is 11.5. The summed E-state index contributed by atoms with van der Waals surface area (Å²) in [5, 5.41) is 0. The third-order valence-corrected chi connectivity index (χ3v) is 4.88. The number of imidazole rings is 1. The lowest BCUT2D eigenvalue weighted by Gasteiger charge is -2.00. The summed E-state index contributed by atoms with van der Waals surface area (Å²) in [5.74, 6) is 0.728. The summed E-state index contributed by atoms with van der Waals surface area (Å²) in [6.07, 6.45) is 1.20. The second kappa shape index (κ2) is 4.96. The molecule has 2 aromatic carbocycles. The molecule has 0 saturated heterocycles. The molecular weight excluding hydrogens is 352 g/mol. The van der Waals surface area contributed by atoms with E-state index in [2.05, 4.69) is 25.9 Å². The molecule has 0 atom stereocenters. The molecule has 108 valence electrons. The average molecular weight is 365 g/mol. The predicted octanol–water partition coefficient (Wildman–Crippen LogP) is 3.70. The highest BCUT2D eigenvalue weighted by Crippen LogP contribution is 2.26. The molecule has 0 aliphatic carbocycles. The normalized spacial score (nSPS) is 12.0. The van der Waals surface area contributed by atoms with Crippen molar-refractivity contribution >= 4 is 36.8 Å². The van der Waals surface area contributed by atoms with Gasteiger partial charge in [-0.15, -0.1) is 0 Å². The number of nitrogens with zero attached hydrogens (tertiary/aromatic N) is 1. The Morgan fingerprint density at radius 1 is 1.14 bits per heavy atom. The van der Waals surface area contributed by atoms with E-state index in [1.165, 1.54) is 6.26 Å². The van der Waals surface area contributed by atoms with Crippen LogP contribution in [0.25, 0.3) is 22.4 Å². The van der Waals surface area contributed by atoms with Crippen molar-refractivity contribution in [3.63, 3.8) is 0 Å². The van der Waals surface area contributed by atoms with Crippen LogP contribution in [0, 0.1) is 6.92 Å². The van der Waals surface area contributed by atoms with Gasteiger partial charge in [0.1, 0.15) is 5.82 Å². The van der Waals surface area contributed by atoms with Gasteiger partial charge < -0.3 is 4.98 Å². The molecule has 1 aromatic heterocycles. The third-order valence-electron chi connectivity index (χ3n) is 3.30. The van der Waals surface area contributed by atoms with Gasteiger partial charge in [-0.1, -0.05) is 15.9 Å². The van der Waals surface area contributed by atoms with Crippen molar-refractivity contribution in [3.05, 3.63) is 46.4 Å². The highest BCUT2D eigenvalue weighted by Gasteiger charge is 2.10. The second-order valence-corrected chi connectivity index (χ2v) is 7.93. The van der Waals surface area contributed by atoms with Crippen molar-refractivity contribution in [2.75, 3.05) is 6.26 Å². The Balaban J connectivity index is 2.10. The lowest BCUT2D eigenvalue weighted by Crippen LogP contribution is -1.96. The number of H-pyrrole nitrogens is 1. The Morgan fingerprint density at radius 2 is 1.81 bits per heavy atom. The van der Waals surface area contributed by atoms with Crippen LogP contribution in [0.2, 0.25) is 0 Å².